The van der Waals surface area contributed by atoms with Gasteiger partial charge in [-0.05, 0) is 61.1 Å². The number of rotatable bonds is 11. The normalized spacial score (nSPS) is 11.1. The zero-order chi connectivity index (χ0) is 22.0. The van der Waals surface area contributed by atoms with Crippen molar-refractivity contribution in [3.8, 4) is 0 Å². The number of nitrogens with two attached hydrogens (primary N) is 4. The quantitative estimate of drug-likeness (QED) is 0.235. The third-order valence-electron chi connectivity index (χ3n) is 4.78. The largest absolute Gasteiger partial charge is 0.370 e. The molecule has 2 rings (SSSR count). The lowest BCUT2D eigenvalue weighted by molar-refractivity contribution is 0.389. The van der Waals surface area contributed by atoms with Gasteiger partial charge in [0.05, 0.1) is 0 Å². The molecule has 2 aromatic rings. The van der Waals surface area contributed by atoms with E-state index in [1.54, 1.807) is 0 Å². The fraction of sp³-hybridized carbons (Fsp3) is 0.364. The first-order valence-corrected chi connectivity index (χ1v) is 10.7. The summed E-state index contributed by atoms with van der Waals surface area (Å²) >= 11 is 11.9. The predicted molar refractivity (Wildman–Crippen MR) is 128 cm³/mol. The Labute approximate surface area is 188 Å². The molecule has 0 fully saturated rings. The van der Waals surface area contributed by atoms with Crippen LogP contribution in [0, 0.1) is 0 Å². The van der Waals surface area contributed by atoms with E-state index in [2.05, 4.69) is 22.1 Å². The average molecular weight is 449 g/mol. The van der Waals surface area contributed by atoms with Crippen LogP contribution >= 0.6 is 23.2 Å². The van der Waals surface area contributed by atoms with Gasteiger partial charge >= 0.3 is 0 Å². The number of benzene rings is 2. The lowest BCUT2D eigenvalue weighted by Gasteiger charge is -2.26. The lowest BCUT2D eigenvalue weighted by Crippen LogP contribution is -2.38. The van der Waals surface area contributed by atoms with Gasteiger partial charge in [-0.1, -0.05) is 60.3 Å². The summed E-state index contributed by atoms with van der Waals surface area (Å²) in [4.78, 5) is 8.84. The Bertz CT molecular complexity index is 821. The highest BCUT2D eigenvalue weighted by Crippen LogP contribution is 2.28. The molecule has 0 amide bonds. The lowest BCUT2D eigenvalue weighted by atomic mass is 9.94. The van der Waals surface area contributed by atoms with Crippen molar-refractivity contribution in [2.24, 2.45) is 32.9 Å². The van der Waals surface area contributed by atoms with Gasteiger partial charge in [-0.15, -0.1) is 0 Å². The van der Waals surface area contributed by atoms with Crippen molar-refractivity contribution in [3.05, 3.63) is 69.7 Å². The average Bonchev–Trinajstić information content (AvgIpc) is 2.67. The van der Waals surface area contributed by atoms with Crippen molar-refractivity contribution in [1.29, 1.82) is 0 Å². The Morgan fingerprint density at radius 2 is 1.13 bits per heavy atom. The van der Waals surface area contributed by atoms with Crippen LogP contribution in [0.3, 0.4) is 0 Å². The van der Waals surface area contributed by atoms with Crippen LogP contribution in [-0.2, 0) is 12.8 Å². The van der Waals surface area contributed by atoms with Gasteiger partial charge in [0.15, 0.2) is 17.6 Å². The summed E-state index contributed by atoms with van der Waals surface area (Å²) in [5.74, 6) is -0.0894. The summed E-state index contributed by atoms with van der Waals surface area (Å²) in [7, 11) is 0. The van der Waals surface area contributed by atoms with Crippen molar-refractivity contribution in [2.75, 3.05) is 0 Å². The minimum absolute atomic E-state index is 0.0447. The fourth-order valence-electron chi connectivity index (χ4n) is 3.46. The number of aliphatic imine (C=N–C) groups is 2. The number of guanidine groups is 2. The van der Waals surface area contributed by atoms with Gasteiger partial charge in [-0.3, -0.25) is 0 Å². The van der Waals surface area contributed by atoms with E-state index in [0.29, 0.717) is 17.9 Å². The zero-order valence-electron chi connectivity index (χ0n) is 17.0. The Morgan fingerprint density at radius 1 is 0.667 bits per heavy atom. The highest BCUT2D eigenvalue weighted by molar-refractivity contribution is 6.30. The SMILES string of the molecule is NC(N)=NC(CCCCCCc1ccc(Cl)cc1)(Cc1ccc(Cl)cc1)N=C(N)N. The smallest absolute Gasteiger partial charge is 0.188 e. The minimum Gasteiger partial charge on any atom is -0.370 e. The Kier molecular flexibility index (Phi) is 9.27. The van der Waals surface area contributed by atoms with Crippen molar-refractivity contribution in [1.82, 2.24) is 0 Å². The maximum absolute atomic E-state index is 5.99. The Balaban J connectivity index is 1.97. The first-order chi connectivity index (χ1) is 14.3. The molecule has 8 heteroatoms. The van der Waals surface area contributed by atoms with E-state index < -0.39 is 5.66 Å². The number of hydrogen-bond donors (Lipinski definition) is 4. The minimum atomic E-state index is -0.929. The molecular formula is C22H30Cl2N6. The maximum atomic E-state index is 5.99. The molecule has 0 aliphatic heterocycles. The Hall–Kier alpha value is -2.44. The summed E-state index contributed by atoms with van der Waals surface area (Å²) in [6, 6.07) is 15.5. The van der Waals surface area contributed by atoms with Crippen LogP contribution < -0.4 is 22.9 Å². The van der Waals surface area contributed by atoms with E-state index in [1.807, 2.05) is 36.4 Å². The molecule has 0 aromatic heterocycles. The monoisotopic (exact) mass is 448 g/mol. The van der Waals surface area contributed by atoms with Crippen LogP contribution in [0.1, 0.15) is 43.2 Å². The molecule has 0 unspecified atom stereocenters. The van der Waals surface area contributed by atoms with E-state index >= 15 is 0 Å². The number of nitrogens with zero attached hydrogens (tertiary/aromatic N) is 2. The van der Waals surface area contributed by atoms with Crippen LogP contribution in [0.25, 0.3) is 0 Å². The van der Waals surface area contributed by atoms with Gasteiger partial charge in [0.2, 0.25) is 0 Å². The maximum Gasteiger partial charge on any atom is 0.188 e. The van der Waals surface area contributed by atoms with Gasteiger partial charge < -0.3 is 22.9 Å². The molecule has 2 aromatic carbocycles. The predicted octanol–water partition coefficient (Wildman–Crippen LogP) is 3.97. The number of aryl methyl sites for hydroxylation is 1. The molecule has 30 heavy (non-hydrogen) atoms. The van der Waals surface area contributed by atoms with Gasteiger partial charge in [0.1, 0.15) is 0 Å². The molecule has 0 saturated heterocycles. The first kappa shape index (κ1) is 23.8. The molecule has 8 N–H and O–H groups in total. The molecule has 162 valence electrons. The standard InChI is InChI=1S/C22H30Cl2N6/c23-18-10-6-16(7-11-18)5-3-1-2-4-14-22(29-20(25)26,30-21(27)28)15-17-8-12-19(24)13-9-17/h6-13H,1-5,14-15H2,(H4,25,26,29)(H4,27,28,30). The summed E-state index contributed by atoms with van der Waals surface area (Å²) in [6.07, 6.45) is 6.23. The molecule has 0 spiro atoms. The van der Waals surface area contributed by atoms with Crippen LogP contribution in [-0.4, -0.2) is 17.6 Å². The fourth-order valence-corrected chi connectivity index (χ4v) is 3.71. The number of hydrogen-bond acceptors (Lipinski definition) is 2. The number of unbranched alkanes of at least 4 members (excludes halogenated alkanes) is 3. The molecule has 0 radical (unpaired) electrons. The van der Waals surface area contributed by atoms with Crippen LogP contribution in [0.5, 0.6) is 0 Å². The summed E-state index contributed by atoms with van der Waals surface area (Å²) in [5, 5.41) is 1.42. The van der Waals surface area contributed by atoms with Crippen molar-refractivity contribution < 1.29 is 0 Å². The molecule has 0 heterocycles. The molecule has 6 nitrogen and oxygen atoms in total. The molecular weight excluding hydrogens is 419 g/mol. The molecule has 0 saturated carbocycles. The van der Waals surface area contributed by atoms with Crippen molar-refractivity contribution in [2.45, 2.75) is 50.6 Å². The summed E-state index contributed by atoms with van der Waals surface area (Å²) < 4.78 is 0. The van der Waals surface area contributed by atoms with Gasteiger partial charge in [-0.2, -0.15) is 0 Å². The molecule has 0 aliphatic carbocycles. The molecule has 0 atom stereocenters. The number of halogens is 2. The summed E-state index contributed by atoms with van der Waals surface area (Å²) in [6.45, 7) is 0. The van der Waals surface area contributed by atoms with E-state index in [9.17, 15) is 0 Å². The second-order valence-corrected chi connectivity index (χ2v) is 8.27. The third kappa shape index (κ3) is 8.51. The zero-order valence-corrected chi connectivity index (χ0v) is 18.5. The highest BCUT2D eigenvalue weighted by atomic mass is 35.5. The van der Waals surface area contributed by atoms with Gasteiger partial charge in [0.25, 0.3) is 0 Å². The van der Waals surface area contributed by atoms with E-state index in [0.717, 1.165) is 42.7 Å². The van der Waals surface area contributed by atoms with E-state index in [1.165, 1.54) is 5.56 Å². The van der Waals surface area contributed by atoms with Crippen LogP contribution in [0.15, 0.2) is 58.5 Å². The van der Waals surface area contributed by atoms with Crippen molar-refractivity contribution in [3.63, 3.8) is 0 Å². The second kappa shape index (κ2) is 11.7. The second-order valence-electron chi connectivity index (χ2n) is 7.40. The summed E-state index contributed by atoms with van der Waals surface area (Å²) in [5.41, 5.74) is 24.2. The molecule has 0 bridgehead atoms. The first-order valence-electron chi connectivity index (χ1n) is 9.98. The topological polar surface area (TPSA) is 129 Å². The van der Waals surface area contributed by atoms with E-state index in [-0.39, 0.29) is 11.9 Å². The van der Waals surface area contributed by atoms with Gasteiger partial charge in [-0.25, -0.2) is 9.98 Å². The Morgan fingerprint density at radius 3 is 1.63 bits per heavy atom. The van der Waals surface area contributed by atoms with Crippen molar-refractivity contribution >= 4 is 35.1 Å². The third-order valence-corrected chi connectivity index (χ3v) is 5.28. The molecule has 0 aliphatic rings. The van der Waals surface area contributed by atoms with Crippen LogP contribution in [0.2, 0.25) is 10.0 Å². The van der Waals surface area contributed by atoms with Gasteiger partial charge in [0, 0.05) is 16.5 Å². The van der Waals surface area contributed by atoms with Crippen LogP contribution in [0.4, 0.5) is 0 Å². The highest BCUT2D eigenvalue weighted by Gasteiger charge is 2.29. The van der Waals surface area contributed by atoms with E-state index in [4.69, 9.17) is 46.1 Å².